The molecule has 0 aliphatic heterocycles. The minimum Gasteiger partial charge on any atom is -0.313 e. The van der Waals surface area contributed by atoms with Crippen LogP contribution in [-0.2, 0) is 16.6 Å². The lowest BCUT2D eigenvalue weighted by Gasteiger charge is -2.13. The van der Waals surface area contributed by atoms with E-state index in [1.807, 2.05) is 39.8 Å². The minimum absolute atomic E-state index is 0.105. The molecule has 0 heterocycles. The van der Waals surface area contributed by atoms with E-state index in [0.29, 0.717) is 11.4 Å². The summed E-state index contributed by atoms with van der Waals surface area (Å²) in [6, 6.07) is 5.43. The molecule has 0 aliphatic carbocycles. The Labute approximate surface area is 110 Å². The Morgan fingerprint density at radius 2 is 1.94 bits per heavy atom. The molecule has 0 saturated heterocycles. The van der Waals surface area contributed by atoms with E-state index in [1.165, 1.54) is 0 Å². The normalized spacial score (nSPS) is 12.1. The average Bonchev–Trinajstić information content (AvgIpc) is 2.26. The highest BCUT2D eigenvalue weighted by Crippen LogP contribution is 2.17. The average molecular weight is 270 g/mol. The molecule has 0 unspecified atom stereocenters. The second-order valence-corrected chi connectivity index (χ2v) is 6.34. The first kappa shape index (κ1) is 15.1. The Morgan fingerprint density at radius 1 is 1.28 bits per heavy atom. The van der Waals surface area contributed by atoms with Gasteiger partial charge in [-0.25, -0.2) is 13.1 Å². The van der Waals surface area contributed by atoms with Crippen molar-refractivity contribution >= 4 is 10.0 Å². The van der Waals surface area contributed by atoms with Gasteiger partial charge in [0, 0.05) is 12.6 Å². The van der Waals surface area contributed by atoms with E-state index >= 15 is 0 Å². The smallest absolute Gasteiger partial charge is 0.241 e. The Morgan fingerprint density at radius 3 is 2.50 bits per heavy atom. The first-order valence-corrected chi connectivity index (χ1v) is 7.67. The molecule has 0 saturated carbocycles. The van der Waals surface area contributed by atoms with Crippen LogP contribution in [0, 0.1) is 6.92 Å². The third-order valence-corrected chi connectivity index (χ3v) is 4.31. The lowest BCUT2D eigenvalue weighted by molar-refractivity contribution is 0.569. The second kappa shape index (κ2) is 6.31. The van der Waals surface area contributed by atoms with Crippen LogP contribution < -0.4 is 10.0 Å². The van der Waals surface area contributed by atoms with Gasteiger partial charge in [0.1, 0.15) is 0 Å². The van der Waals surface area contributed by atoms with Gasteiger partial charge in [0.2, 0.25) is 10.0 Å². The molecule has 0 spiro atoms. The lowest BCUT2D eigenvalue weighted by Crippen LogP contribution is -2.30. The van der Waals surface area contributed by atoms with Gasteiger partial charge in [-0.2, -0.15) is 0 Å². The molecule has 2 N–H and O–H groups in total. The number of aryl methyl sites for hydroxylation is 1. The highest BCUT2D eigenvalue weighted by Gasteiger charge is 2.18. The quantitative estimate of drug-likeness (QED) is 0.828. The fourth-order valence-corrected chi connectivity index (χ4v) is 3.23. The predicted molar refractivity (Wildman–Crippen MR) is 74.0 cm³/mol. The van der Waals surface area contributed by atoms with Crippen molar-refractivity contribution in [3.8, 4) is 0 Å². The molecule has 0 radical (unpaired) electrons. The number of benzene rings is 1. The summed E-state index contributed by atoms with van der Waals surface area (Å²) in [4.78, 5) is 0.367. The molecule has 4 nitrogen and oxygen atoms in total. The van der Waals surface area contributed by atoms with Crippen molar-refractivity contribution in [2.24, 2.45) is 0 Å². The van der Waals surface area contributed by atoms with Crippen LogP contribution in [-0.4, -0.2) is 21.0 Å². The molecule has 0 fully saturated rings. The third-order valence-electron chi connectivity index (χ3n) is 2.51. The molecular formula is C13H22N2O2S. The fourth-order valence-electron chi connectivity index (χ4n) is 1.69. The van der Waals surface area contributed by atoms with Crippen molar-refractivity contribution in [2.75, 3.05) is 6.54 Å². The second-order valence-electron chi connectivity index (χ2n) is 4.66. The van der Waals surface area contributed by atoms with Crippen LogP contribution in [0.25, 0.3) is 0 Å². The summed E-state index contributed by atoms with van der Waals surface area (Å²) in [6.45, 7) is 9.00. The number of hydrogen-bond acceptors (Lipinski definition) is 3. The molecule has 0 amide bonds. The SMILES string of the molecule is CCNCc1ccc(C)c(S(=O)(=O)NC(C)C)c1. The van der Waals surface area contributed by atoms with E-state index in [1.54, 1.807) is 6.07 Å². The van der Waals surface area contributed by atoms with Crippen molar-refractivity contribution in [2.45, 2.75) is 45.2 Å². The summed E-state index contributed by atoms with van der Waals surface area (Å²) in [7, 11) is -3.42. The van der Waals surface area contributed by atoms with Crippen LogP contribution in [0.2, 0.25) is 0 Å². The highest BCUT2D eigenvalue weighted by molar-refractivity contribution is 7.89. The molecule has 102 valence electrons. The van der Waals surface area contributed by atoms with E-state index < -0.39 is 10.0 Å². The third kappa shape index (κ3) is 4.08. The van der Waals surface area contributed by atoms with Gasteiger partial charge in [0.25, 0.3) is 0 Å². The molecule has 0 atom stereocenters. The molecule has 1 aromatic carbocycles. The van der Waals surface area contributed by atoms with Crippen LogP contribution in [0.1, 0.15) is 31.9 Å². The van der Waals surface area contributed by atoms with Crippen LogP contribution in [0.5, 0.6) is 0 Å². The van der Waals surface area contributed by atoms with E-state index in [0.717, 1.165) is 17.7 Å². The molecule has 1 aromatic rings. The Bertz CT molecular complexity index is 496. The summed E-state index contributed by atoms with van der Waals surface area (Å²) < 4.78 is 26.9. The largest absolute Gasteiger partial charge is 0.313 e. The zero-order valence-electron chi connectivity index (χ0n) is 11.4. The van der Waals surface area contributed by atoms with Crippen LogP contribution in [0.4, 0.5) is 0 Å². The van der Waals surface area contributed by atoms with Gasteiger partial charge < -0.3 is 5.32 Å². The van der Waals surface area contributed by atoms with Gasteiger partial charge in [-0.3, -0.25) is 0 Å². The first-order chi connectivity index (χ1) is 8.36. The maximum atomic E-state index is 12.2. The number of rotatable bonds is 6. The maximum absolute atomic E-state index is 12.2. The van der Waals surface area contributed by atoms with Crippen molar-refractivity contribution in [1.82, 2.24) is 10.0 Å². The first-order valence-electron chi connectivity index (χ1n) is 6.19. The van der Waals surface area contributed by atoms with E-state index in [4.69, 9.17) is 0 Å². The van der Waals surface area contributed by atoms with Crippen molar-refractivity contribution in [3.63, 3.8) is 0 Å². The van der Waals surface area contributed by atoms with Crippen LogP contribution >= 0.6 is 0 Å². The van der Waals surface area contributed by atoms with Crippen LogP contribution in [0.15, 0.2) is 23.1 Å². The van der Waals surface area contributed by atoms with Crippen molar-refractivity contribution < 1.29 is 8.42 Å². The molecule has 0 aliphatic rings. The van der Waals surface area contributed by atoms with Crippen molar-refractivity contribution in [1.29, 1.82) is 0 Å². The van der Waals surface area contributed by atoms with Gasteiger partial charge >= 0.3 is 0 Å². The molecule has 0 aromatic heterocycles. The molecule has 0 bridgehead atoms. The van der Waals surface area contributed by atoms with Gasteiger partial charge in [-0.05, 0) is 44.5 Å². The van der Waals surface area contributed by atoms with Crippen LogP contribution in [0.3, 0.4) is 0 Å². The number of nitrogens with one attached hydrogen (secondary N) is 2. The zero-order valence-corrected chi connectivity index (χ0v) is 12.3. The Hall–Kier alpha value is -0.910. The molecule has 5 heteroatoms. The Kier molecular flexibility index (Phi) is 5.31. The standard InChI is InChI=1S/C13H22N2O2S/c1-5-14-9-12-7-6-11(4)13(8-12)18(16,17)15-10(2)3/h6-8,10,14-15H,5,9H2,1-4H3. The fraction of sp³-hybridized carbons (Fsp3) is 0.538. The molecule has 18 heavy (non-hydrogen) atoms. The summed E-state index contributed by atoms with van der Waals surface area (Å²) in [5.74, 6) is 0. The van der Waals surface area contributed by atoms with Gasteiger partial charge in [0.05, 0.1) is 4.90 Å². The van der Waals surface area contributed by atoms with Gasteiger partial charge in [0.15, 0.2) is 0 Å². The summed E-state index contributed by atoms with van der Waals surface area (Å²) >= 11 is 0. The zero-order chi connectivity index (χ0) is 13.8. The number of sulfonamides is 1. The van der Waals surface area contributed by atoms with Crippen molar-refractivity contribution in [3.05, 3.63) is 29.3 Å². The van der Waals surface area contributed by atoms with E-state index in [2.05, 4.69) is 10.0 Å². The summed E-state index contributed by atoms with van der Waals surface area (Å²) in [5.41, 5.74) is 1.75. The summed E-state index contributed by atoms with van der Waals surface area (Å²) in [6.07, 6.45) is 0. The van der Waals surface area contributed by atoms with E-state index in [9.17, 15) is 8.42 Å². The van der Waals surface area contributed by atoms with Gasteiger partial charge in [-0.15, -0.1) is 0 Å². The molecule has 1 rings (SSSR count). The van der Waals surface area contributed by atoms with E-state index in [-0.39, 0.29) is 6.04 Å². The maximum Gasteiger partial charge on any atom is 0.241 e. The monoisotopic (exact) mass is 270 g/mol. The predicted octanol–water partition coefficient (Wildman–Crippen LogP) is 1.79. The summed E-state index contributed by atoms with van der Waals surface area (Å²) in [5, 5.41) is 3.19. The minimum atomic E-state index is -3.42. The topological polar surface area (TPSA) is 58.2 Å². The number of hydrogen-bond donors (Lipinski definition) is 2. The van der Waals surface area contributed by atoms with Gasteiger partial charge in [-0.1, -0.05) is 19.1 Å². The molecular weight excluding hydrogens is 248 g/mol. The highest BCUT2D eigenvalue weighted by atomic mass is 32.2. The lowest BCUT2D eigenvalue weighted by atomic mass is 10.1. The Balaban J connectivity index is 3.07.